The lowest BCUT2D eigenvalue weighted by Crippen LogP contribution is -2.21. The van der Waals surface area contributed by atoms with E-state index in [0.29, 0.717) is 27.8 Å². The van der Waals surface area contributed by atoms with E-state index in [9.17, 15) is 14.0 Å². The molecule has 2 heterocycles. The van der Waals surface area contributed by atoms with Crippen molar-refractivity contribution < 1.29 is 18.3 Å². The first-order valence-corrected chi connectivity index (χ1v) is 14.2. The molecule has 0 atom stereocenters. The smallest absolute Gasteiger partial charge is 0.282 e. The van der Waals surface area contributed by atoms with Gasteiger partial charge in [-0.2, -0.15) is 9.78 Å². The van der Waals surface area contributed by atoms with Gasteiger partial charge in [-0.15, -0.1) is 0 Å². The van der Waals surface area contributed by atoms with Gasteiger partial charge in [0.2, 0.25) is 5.82 Å². The van der Waals surface area contributed by atoms with Crippen LogP contribution in [0.5, 0.6) is 5.75 Å². The zero-order valence-corrected chi connectivity index (χ0v) is 25.0. The molecule has 0 spiro atoms. The monoisotopic (exact) mass is 678 g/mol. The normalized spacial score (nSPS) is 11.4. The van der Waals surface area contributed by atoms with E-state index in [2.05, 4.69) is 31.3 Å². The molecule has 0 unspecified atom stereocenters. The fourth-order valence-electron chi connectivity index (χ4n) is 4.32. The van der Waals surface area contributed by atoms with Crippen LogP contribution in [0.4, 0.5) is 10.1 Å². The predicted molar refractivity (Wildman–Crippen MR) is 169 cm³/mol. The summed E-state index contributed by atoms with van der Waals surface area (Å²) in [7, 11) is 0. The minimum absolute atomic E-state index is 0.0214. The van der Waals surface area contributed by atoms with Crippen LogP contribution < -0.4 is 15.6 Å². The molecule has 6 rings (SSSR count). The van der Waals surface area contributed by atoms with Crippen molar-refractivity contribution in [2.45, 2.75) is 0 Å². The van der Waals surface area contributed by atoms with Crippen molar-refractivity contribution >= 4 is 78.8 Å². The third-order valence-electron chi connectivity index (χ3n) is 6.29. The summed E-state index contributed by atoms with van der Waals surface area (Å²) in [5.41, 5.74) is 1.16. The van der Waals surface area contributed by atoms with Crippen LogP contribution in [0.25, 0.3) is 33.5 Å². The molecule has 4 aromatic carbocycles. The molecule has 6 aromatic rings. The number of halogens is 4. The van der Waals surface area contributed by atoms with E-state index in [1.807, 2.05) is 18.2 Å². The number of anilines is 1. The number of nitrogens with one attached hydrogen (secondary N) is 1. The molecular formula is C31H18BrCl2FN4O4. The van der Waals surface area contributed by atoms with Gasteiger partial charge in [0.05, 0.1) is 32.9 Å². The third kappa shape index (κ3) is 6.03. The number of aromatic nitrogens is 2. The summed E-state index contributed by atoms with van der Waals surface area (Å²) in [5.74, 6) is -0.570. The standard InChI is InChI=1S/C31H18BrCl2FN4O4/c32-19-9-10-26-18(13-19)14-27(43-26)30-38-24-7-3-1-5-20(24)31(41)39(30)36-15-17-11-21(33)29(22(34)12-17)42-16-28(40)37-25-8-4-2-6-23(25)35/h1-15H,16H2,(H,37,40). The number of carbonyl (C=O) groups excluding carboxylic acids is 1. The van der Waals surface area contributed by atoms with E-state index >= 15 is 0 Å². The minimum Gasteiger partial charge on any atom is -0.481 e. The molecule has 0 aliphatic carbocycles. The van der Waals surface area contributed by atoms with E-state index in [1.54, 1.807) is 36.4 Å². The molecule has 1 amide bonds. The maximum atomic E-state index is 13.8. The largest absolute Gasteiger partial charge is 0.481 e. The highest BCUT2D eigenvalue weighted by molar-refractivity contribution is 9.10. The molecule has 2 aromatic heterocycles. The van der Waals surface area contributed by atoms with E-state index in [4.69, 9.17) is 32.4 Å². The van der Waals surface area contributed by atoms with Crippen molar-refractivity contribution in [3.8, 4) is 17.3 Å². The number of para-hydroxylation sites is 2. The van der Waals surface area contributed by atoms with E-state index < -0.39 is 23.9 Å². The maximum Gasteiger partial charge on any atom is 0.282 e. The van der Waals surface area contributed by atoms with Crippen LogP contribution in [0.15, 0.2) is 104 Å². The molecule has 1 N–H and O–H groups in total. The summed E-state index contributed by atoms with van der Waals surface area (Å²) in [6, 6.07) is 23.1. The van der Waals surface area contributed by atoms with Crippen LogP contribution in [0.1, 0.15) is 5.56 Å². The minimum atomic E-state index is -0.600. The van der Waals surface area contributed by atoms with Gasteiger partial charge in [0, 0.05) is 9.86 Å². The summed E-state index contributed by atoms with van der Waals surface area (Å²) in [6.45, 7) is -0.462. The molecule has 0 radical (unpaired) electrons. The number of hydrogen-bond donors (Lipinski definition) is 1. The number of hydrogen-bond acceptors (Lipinski definition) is 6. The van der Waals surface area contributed by atoms with Gasteiger partial charge in [-0.3, -0.25) is 9.59 Å². The molecule has 12 heteroatoms. The second-order valence-corrected chi connectivity index (χ2v) is 11.0. The van der Waals surface area contributed by atoms with Gasteiger partial charge < -0.3 is 14.5 Å². The number of fused-ring (bicyclic) bond motifs is 2. The van der Waals surface area contributed by atoms with Gasteiger partial charge in [-0.05, 0) is 66.2 Å². The molecule has 0 saturated carbocycles. The number of furan rings is 1. The Morgan fingerprint density at radius 3 is 2.58 bits per heavy atom. The van der Waals surface area contributed by atoms with E-state index in [-0.39, 0.29) is 27.3 Å². The second kappa shape index (κ2) is 12.0. The number of carbonyl (C=O) groups is 1. The first-order valence-electron chi connectivity index (χ1n) is 12.7. The molecular weight excluding hydrogens is 662 g/mol. The summed E-state index contributed by atoms with van der Waals surface area (Å²) in [4.78, 5) is 30.5. The Bertz CT molecular complexity index is 2110. The van der Waals surface area contributed by atoms with Crippen LogP contribution in [0, 0.1) is 5.82 Å². The zero-order valence-electron chi connectivity index (χ0n) is 21.9. The quantitative estimate of drug-likeness (QED) is 0.173. The van der Waals surface area contributed by atoms with Gasteiger partial charge in [0.15, 0.2) is 18.1 Å². The number of nitrogens with zero attached hydrogens (tertiary/aromatic N) is 3. The van der Waals surface area contributed by atoms with E-state index in [0.717, 1.165) is 14.5 Å². The van der Waals surface area contributed by atoms with Gasteiger partial charge in [-0.25, -0.2) is 9.37 Å². The topological polar surface area (TPSA) is 98.7 Å². The lowest BCUT2D eigenvalue weighted by atomic mass is 10.2. The Hall–Kier alpha value is -4.51. The number of amides is 1. The van der Waals surface area contributed by atoms with Crippen LogP contribution in [0.2, 0.25) is 10.0 Å². The molecule has 214 valence electrons. The van der Waals surface area contributed by atoms with E-state index in [1.165, 1.54) is 36.5 Å². The van der Waals surface area contributed by atoms with Crippen LogP contribution >= 0.6 is 39.1 Å². The molecule has 0 fully saturated rings. The molecule has 0 aliphatic rings. The number of benzene rings is 4. The summed E-state index contributed by atoms with van der Waals surface area (Å²) < 4.78 is 27.4. The highest BCUT2D eigenvalue weighted by Crippen LogP contribution is 2.34. The summed E-state index contributed by atoms with van der Waals surface area (Å²) in [6.07, 6.45) is 1.40. The van der Waals surface area contributed by atoms with Crippen molar-refractivity contribution in [2.75, 3.05) is 11.9 Å². The van der Waals surface area contributed by atoms with Crippen molar-refractivity contribution in [1.29, 1.82) is 0 Å². The Morgan fingerprint density at radius 2 is 1.79 bits per heavy atom. The molecule has 8 nitrogen and oxygen atoms in total. The molecule has 0 aliphatic heterocycles. The molecule has 43 heavy (non-hydrogen) atoms. The SMILES string of the molecule is O=C(COc1c(Cl)cc(C=Nn2c(-c3cc4cc(Br)ccc4o3)nc3ccccc3c2=O)cc1Cl)Nc1ccccc1F. The Morgan fingerprint density at radius 1 is 1.05 bits per heavy atom. The first kappa shape index (κ1) is 28.6. The Balaban J connectivity index is 1.30. The molecule has 0 saturated heterocycles. The van der Waals surface area contributed by atoms with Crippen molar-refractivity contribution in [3.63, 3.8) is 0 Å². The van der Waals surface area contributed by atoms with Crippen molar-refractivity contribution in [1.82, 2.24) is 9.66 Å². The first-order chi connectivity index (χ1) is 20.8. The fourth-order valence-corrected chi connectivity index (χ4v) is 5.31. The zero-order chi connectivity index (χ0) is 30.1. The Kier molecular flexibility index (Phi) is 7.98. The fraction of sp³-hybridized carbons (Fsp3) is 0.0323. The van der Waals surface area contributed by atoms with Gasteiger partial charge in [0.1, 0.15) is 11.4 Å². The van der Waals surface area contributed by atoms with Crippen molar-refractivity contribution in [2.24, 2.45) is 5.10 Å². The van der Waals surface area contributed by atoms with Crippen LogP contribution in [0.3, 0.4) is 0 Å². The van der Waals surface area contributed by atoms with Crippen LogP contribution in [-0.2, 0) is 4.79 Å². The number of rotatable bonds is 7. The summed E-state index contributed by atoms with van der Waals surface area (Å²) >= 11 is 16.3. The molecule has 0 bridgehead atoms. The highest BCUT2D eigenvalue weighted by atomic mass is 79.9. The third-order valence-corrected chi connectivity index (χ3v) is 7.35. The van der Waals surface area contributed by atoms with Crippen LogP contribution in [-0.4, -0.2) is 28.4 Å². The second-order valence-electron chi connectivity index (χ2n) is 9.24. The lowest BCUT2D eigenvalue weighted by Gasteiger charge is -2.11. The van der Waals surface area contributed by atoms with Gasteiger partial charge in [0.25, 0.3) is 11.5 Å². The number of ether oxygens (including phenoxy) is 1. The average Bonchev–Trinajstić information content (AvgIpc) is 3.40. The average molecular weight is 680 g/mol. The highest BCUT2D eigenvalue weighted by Gasteiger charge is 2.17. The van der Waals surface area contributed by atoms with Crippen molar-refractivity contribution in [3.05, 3.63) is 121 Å². The lowest BCUT2D eigenvalue weighted by molar-refractivity contribution is -0.118. The van der Waals surface area contributed by atoms with Gasteiger partial charge in [-0.1, -0.05) is 63.4 Å². The Labute approximate surface area is 261 Å². The predicted octanol–water partition coefficient (Wildman–Crippen LogP) is 7.92. The van der Waals surface area contributed by atoms with Gasteiger partial charge >= 0.3 is 0 Å². The maximum absolute atomic E-state index is 13.8. The summed E-state index contributed by atoms with van der Waals surface area (Å²) in [5, 5.41) is 8.23.